The molecule has 2 aliphatic rings. The molecule has 0 aromatic heterocycles. The summed E-state index contributed by atoms with van der Waals surface area (Å²) in [6.07, 6.45) is -4.77. The zero-order chi connectivity index (χ0) is 18.5. The zero-order valence-corrected chi connectivity index (χ0v) is 14.1. The van der Waals surface area contributed by atoms with Crippen molar-refractivity contribution in [3.05, 3.63) is 70.8 Å². The first kappa shape index (κ1) is 17.6. The van der Waals surface area contributed by atoms with Crippen molar-refractivity contribution in [2.45, 2.75) is 42.5 Å². The highest BCUT2D eigenvalue weighted by molar-refractivity contribution is 5.51. The molecule has 1 heterocycles. The number of hydrogen-bond donors (Lipinski definition) is 5. The Balaban J connectivity index is 1.91. The summed E-state index contributed by atoms with van der Waals surface area (Å²) >= 11 is 0. The molecule has 0 fully saturated rings. The Morgan fingerprint density at radius 2 is 1.54 bits per heavy atom. The van der Waals surface area contributed by atoms with Crippen LogP contribution < -0.4 is 0 Å². The van der Waals surface area contributed by atoms with Crippen LogP contribution in [0.2, 0.25) is 0 Å². The molecule has 6 heteroatoms. The van der Waals surface area contributed by atoms with Crippen LogP contribution in [-0.4, -0.2) is 50.5 Å². The van der Waals surface area contributed by atoms with Crippen LogP contribution >= 0.6 is 0 Å². The maximum absolute atomic E-state index is 11.8. The summed E-state index contributed by atoms with van der Waals surface area (Å²) in [6, 6.07) is 14.6. The lowest BCUT2D eigenvalue weighted by molar-refractivity contribution is -0.251. The van der Waals surface area contributed by atoms with Crippen LogP contribution in [0, 0.1) is 0 Å². The summed E-state index contributed by atoms with van der Waals surface area (Å²) in [5.74, 6) is 0. The molecule has 1 aliphatic carbocycles. The molecule has 5 atom stereocenters. The molecule has 1 spiro atoms. The summed E-state index contributed by atoms with van der Waals surface area (Å²) in [6.45, 7) is -0.460. The predicted octanol–water partition coefficient (Wildman–Crippen LogP) is -0.0690. The highest BCUT2D eigenvalue weighted by atomic mass is 16.5. The first-order valence-electron chi connectivity index (χ1n) is 8.64. The van der Waals surface area contributed by atoms with Crippen LogP contribution in [0.15, 0.2) is 48.5 Å². The Morgan fingerprint density at radius 3 is 2.23 bits per heavy atom. The van der Waals surface area contributed by atoms with Crippen LogP contribution in [0.25, 0.3) is 0 Å². The van der Waals surface area contributed by atoms with Gasteiger partial charge in [-0.2, -0.15) is 0 Å². The summed E-state index contributed by atoms with van der Waals surface area (Å²) in [4.78, 5) is 0. The largest absolute Gasteiger partial charge is 0.394 e. The van der Waals surface area contributed by atoms with Gasteiger partial charge in [0.15, 0.2) is 5.60 Å². The van der Waals surface area contributed by atoms with Crippen molar-refractivity contribution >= 4 is 0 Å². The number of hydrogen-bond acceptors (Lipinski definition) is 6. The topological polar surface area (TPSA) is 110 Å². The number of aliphatic hydroxyl groups excluding tert-OH is 4. The number of aliphatic hydroxyl groups is 5. The van der Waals surface area contributed by atoms with Crippen LogP contribution in [0.1, 0.15) is 22.3 Å². The van der Waals surface area contributed by atoms with Gasteiger partial charge in [-0.3, -0.25) is 0 Å². The maximum Gasteiger partial charge on any atom is 0.152 e. The Hall–Kier alpha value is -1.80. The van der Waals surface area contributed by atoms with Crippen molar-refractivity contribution in [2.75, 3.05) is 6.61 Å². The van der Waals surface area contributed by atoms with Crippen LogP contribution in [-0.2, 0) is 29.0 Å². The third-order valence-corrected chi connectivity index (χ3v) is 5.74. The van der Waals surface area contributed by atoms with Crippen molar-refractivity contribution in [3.8, 4) is 0 Å². The van der Waals surface area contributed by atoms with E-state index in [4.69, 9.17) is 9.84 Å². The molecule has 138 valence electrons. The highest BCUT2D eigenvalue weighted by Crippen LogP contribution is 2.58. The molecule has 6 nitrogen and oxygen atoms in total. The normalized spacial score (nSPS) is 30.0. The Bertz CT molecular complexity index is 823. The molecule has 2 aromatic rings. The fraction of sp³-hybridized carbons (Fsp3) is 0.400. The quantitative estimate of drug-likeness (QED) is 0.523. The Labute approximate surface area is 150 Å². The second kappa shape index (κ2) is 6.13. The van der Waals surface area contributed by atoms with Crippen molar-refractivity contribution in [1.82, 2.24) is 0 Å². The van der Waals surface area contributed by atoms with Gasteiger partial charge in [0, 0.05) is 6.42 Å². The van der Waals surface area contributed by atoms with E-state index in [1.165, 1.54) is 0 Å². The maximum atomic E-state index is 11.8. The van der Waals surface area contributed by atoms with E-state index in [1.54, 1.807) is 12.1 Å². The summed E-state index contributed by atoms with van der Waals surface area (Å²) in [7, 11) is 0. The monoisotopic (exact) mass is 358 g/mol. The van der Waals surface area contributed by atoms with Gasteiger partial charge in [-0.05, 0) is 22.3 Å². The summed E-state index contributed by atoms with van der Waals surface area (Å²) < 4.78 is 6.09. The first-order valence-corrected chi connectivity index (χ1v) is 8.64. The standard InChI is InChI=1S/C20H22O6/c21-10-16(22)17(23)18(24)20(25)15-8-4-1-5-12(15)9-19(20)14-7-3-2-6-13(14)11-26-19/h1-8,16-18,21-25H,9-11H2/t16-,17-,18+,19?,20-/m1/s1. The van der Waals surface area contributed by atoms with E-state index in [0.717, 1.165) is 16.7 Å². The minimum atomic E-state index is -1.98. The molecule has 2 aromatic carbocycles. The molecule has 0 amide bonds. The van der Waals surface area contributed by atoms with Gasteiger partial charge in [-0.25, -0.2) is 0 Å². The van der Waals surface area contributed by atoms with Crippen LogP contribution in [0.4, 0.5) is 0 Å². The van der Waals surface area contributed by atoms with Crippen molar-refractivity contribution in [2.24, 2.45) is 0 Å². The van der Waals surface area contributed by atoms with Gasteiger partial charge >= 0.3 is 0 Å². The van der Waals surface area contributed by atoms with Gasteiger partial charge < -0.3 is 30.3 Å². The lowest BCUT2D eigenvalue weighted by atomic mass is 9.72. The van der Waals surface area contributed by atoms with E-state index in [2.05, 4.69) is 0 Å². The van der Waals surface area contributed by atoms with Gasteiger partial charge in [0.05, 0.1) is 13.2 Å². The molecule has 0 radical (unpaired) electrons. The second-order valence-corrected chi connectivity index (χ2v) is 7.06. The van der Waals surface area contributed by atoms with Crippen LogP contribution in [0.3, 0.4) is 0 Å². The van der Waals surface area contributed by atoms with E-state index >= 15 is 0 Å². The van der Waals surface area contributed by atoms with Gasteiger partial charge in [-0.1, -0.05) is 48.5 Å². The minimum absolute atomic E-state index is 0.276. The molecular formula is C20H22O6. The van der Waals surface area contributed by atoms with E-state index in [-0.39, 0.29) is 6.61 Å². The zero-order valence-electron chi connectivity index (χ0n) is 14.1. The Morgan fingerprint density at radius 1 is 0.923 bits per heavy atom. The average Bonchev–Trinajstić information content (AvgIpc) is 3.18. The van der Waals surface area contributed by atoms with Gasteiger partial charge in [0.2, 0.25) is 0 Å². The highest BCUT2D eigenvalue weighted by Gasteiger charge is 2.66. The Kier molecular flexibility index (Phi) is 4.15. The minimum Gasteiger partial charge on any atom is -0.394 e. The smallest absolute Gasteiger partial charge is 0.152 e. The van der Waals surface area contributed by atoms with Gasteiger partial charge in [0.1, 0.15) is 23.9 Å². The number of fused-ring (bicyclic) bond motifs is 3. The lowest BCUT2D eigenvalue weighted by Crippen LogP contribution is -2.60. The lowest BCUT2D eigenvalue weighted by Gasteiger charge is -2.44. The van der Waals surface area contributed by atoms with Crippen molar-refractivity contribution in [1.29, 1.82) is 0 Å². The van der Waals surface area contributed by atoms with E-state index in [9.17, 15) is 20.4 Å². The molecule has 0 bridgehead atoms. The molecule has 5 N–H and O–H groups in total. The second-order valence-electron chi connectivity index (χ2n) is 7.06. The average molecular weight is 358 g/mol. The van der Waals surface area contributed by atoms with E-state index in [0.29, 0.717) is 12.0 Å². The fourth-order valence-corrected chi connectivity index (χ4v) is 4.41. The molecule has 1 unspecified atom stereocenters. The van der Waals surface area contributed by atoms with Gasteiger partial charge in [-0.15, -0.1) is 0 Å². The molecule has 4 rings (SSSR count). The van der Waals surface area contributed by atoms with E-state index in [1.807, 2.05) is 36.4 Å². The van der Waals surface area contributed by atoms with E-state index < -0.39 is 36.1 Å². The number of ether oxygens (including phenoxy) is 1. The SMILES string of the molecule is OC[C@@H](O)[C@@H](O)[C@H](O)[C@]1(O)c2ccccc2CC12OCc1ccccc12. The number of benzene rings is 2. The van der Waals surface area contributed by atoms with Crippen molar-refractivity contribution in [3.63, 3.8) is 0 Å². The van der Waals surface area contributed by atoms with Gasteiger partial charge in [0.25, 0.3) is 0 Å². The molecule has 0 saturated carbocycles. The fourth-order valence-electron chi connectivity index (χ4n) is 4.41. The molecule has 1 aliphatic heterocycles. The third kappa shape index (κ3) is 2.15. The molecule has 0 saturated heterocycles. The molecular weight excluding hydrogens is 336 g/mol. The summed E-state index contributed by atoms with van der Waals surface area (Å²) in [5.41, 5.74) is -0.342. The van der Waals surface area contributed by atoms with Crippen LogP contribution in [0.5, 0.6) is 0 Å². The molecule has 26 heavy (non-hydrogen) atoms. The number of rotatable bonds is 4. The third-order valence-electron chi connectivity index (χ3n) is 5.74. The summed E-state index contributed by atoms with van der Waals surface area (Å²) in [5, 5.41) is 52.1. The van der Waals surface area contributed by atoms with Crippen molar-refractivity contribution < 1.29 is 30.3 Å². The first-order chi connectivity index (χ1) is 12.5. The predicted molar refractivity (Wildman–Crippen MR) is 92.1 cm³/mol.